The van der Waals surface area contributed by atoms with Gasteiger partial charge in [-0.3, -0.25) is 4.98 Å². The lowest BCUT2D eigenvalue weighted by molar-refractivity contribution is 0.557. The lowest BCUT2D eigenvalue weighted by Crippen LogP contribution is -2.11. The van der Waals surface area contributed by atoms with Crippen LogP contribution in [-0.2, 0) is 0 Å². The van der Waals surface area contributed by atoms with Crippen LogP contribution in [0.5, 0.6) is 0 Å². The lowest BCUT2D eigenvalue weighted by Gasteiger charge is -2.09. The first-order valence-electron chi connectivity index (χ1n) is 5.51. The van der Waals surface area contributed by atoms with Gasteiger partial charge in [0.15, 0.2) is 0 Å². The Kier molecular flexibility index (Phi) is 5.23. The number of rotatable bonds is 6. The van der Waals surface area contributed by atoms with Crippen molar-refractivity contribution in [1.82, 2.24) is 4.98 Å². The summed E-state index contributed by atoms with van der Waals surface area (Å²) in [4.78, 5) is 4.25. The molecule has 1 aromatic heterocycles. The highest BCUT2D eigenvalue weighted by atomic mass is 14.8. The lowest BCUT2D eigenvalue weighted by atomic mass is 10.1. The highest BCUT2D eigenvalue weighted by Crippen LogP contribution is 2.14. The van der Waals surface area contributed by atoms with Crippen molar-refractivity contribution in [2.24, 2.45) is 5.73 Å². The number of aromatic nitrogens is 1. The van der Waals surface area contributed by atoms with Crippen LogP contribution in [-0.4, -0.2) is 4.98 Å². The molecule has 0 aliphatic heterocycles. The molecule has 0 aliphatic rings. The van der Waals surface area contributed by atoms with Crippen LogP contribution in [0.15, 0.2) is 24.4 Å². The highest BCUT2D eigenvalue weighted by molar-refractivity contribution is 5.07. The fourth-order valence-electron chi connectivity index (χ4n) is 1.53. The van der Waals surface area contributed by atoms with Crippen LogP contribution in [0.3, 0.4) is 0 Å². The summed E-state index contributed by atoms with van der Waals surface area (Å²) < 4.78 is 0. The molecule has 14 heavy (non-hydrogen) atoms. The van der Waals surface area contributed by atoms with E-state index in [4.69, 9.17) is 5.73 Å². The Bertz CT molecular complexity index is 233. The molecular weight excluding hydrogens is 172 g/mol. The van der Waals surface area contributed by atoms with Gasteiger partial charge in [0.05, 0.1) is 5.69 Å². The predicted molar refractivity (Wildman–Crippen MR) is 59.9 cm³/mol. The molecule has 0 fully saturated rings. The minimum absolute atomic E-state index is 0.119. The predicted octanol–water partition coefficient (Wildman–Crippen LogP) is 3.05. The van der Waals surface area contributed by atoms with Gasteiger partial charge in [-0.05, 0) is 18.6 Å². The maximum Gasteiger partial charge on any atom is 0.0570 e. The van der Waals surface area contributed by atoms with E-state index in [1.54, 1.807) is 6.20 Å². The third-order valence-corrected chi connectivity index (χ3v) is 2.44. The molecule has 1 atom stereocenters. The zero-order valence-corrected chi connectivity index (χ0v) is 8.95. The van der Waals surface area contributed by atoms with Gasteiger partial charge in [-0.25, -0.2) is 0 Å². The van der Waals surface area contributed by atoms with Crippen molar-refractivity contribution in [1.29, 1.82) is 0 Å². The molecule has 0 spiro atoms. The summed E-state index contributed by atoms with van der Waals surface area (Å²) in [7, 11) is 0. The molecule has 2 N–H and O–H groups in total. The molecule has 0 bridgehead atoms. The topological polar surface area (TPSA) is 38.9 Å². The first-order chi connectivity index (χ1) is 6.84. The summed E-state index contributed by atoms with van der Waals surface area (Å²) in [6, 6.07) is 6.04. The van der Waals surface area contributed by atoms with Crippen LogP contribution in [0.25, 0.3) is 0 Å². The standard InChI is InChI=1S/C12H20N2/c1-2-3-4-5-8-11(13)12-9-6-7-10-14-12/h6-7,9-11H,2-5,8,13H2,1H3. The van der Waals surface area contributed by atoms with Gasteiger partial charge >= 0.3 is 0 Å². The third-order valence-electron chi connectivity index (χ3n) is 2.44. The third kappa shape index (κ3) is 3.88. The van der Waals surface area contributed by atoms with Gasteiger partial charge in [-0.1, -0.05) is 38.7 Å². The Morgan fingerprint density at radius 1 is 1.29 bits per heavy atom. The molecule has 0 saturated heterocycles. The molecule has 78 valence electrons. The number of unbranched alkanes of at least 4 members (excludes halogenated alkanes) is 3. The van der Waals surface area contributed by atoms with E-state index in [0.717, 1.165) is 12.1 Å². The van der Waals surface area contributed by atoms with Gasteiger partial charge in [0, 0.05) is 12.2 Å². The summed E-state index contributed by atoms with van der Waals surface area (Å²) in [5.41, 5.74) is 7.03. The van der Waals surface area contributed by atoms with E-state index in [1.807, 2.05) is 18.2 Å². The second-order valence-electron chi connectivity index (χ2n) is 3.71. The van der Waals surface area contributed by atoms with E-state index >= 15 is 0 Å². The Balaban J connectivity index is 2.25. The van der Waals surface area contributed by atoms with Crippen molar-refractivity contribution in [2.45, 2.75) is 45.1 Å². The Labute approximate surface area is 86.5 Å². The molecule has 0 aromatic carbocycles. The minimum atomic E-state index is 0.119. The summed E-state index contributed by atoms with van der Waals surface area (Å²) >= 11 is 0. The number of hydrogen-bond acceptors (Lipinski definition) is 2. The van der Waals surface area contributed by atoms with Crippen LogP contribution in [0, 0.1) is 0 Å². The van der Waals surface area contributed by atoms with Gasteiger partial charge in [0.1, 0.15) is 0 Å². The SMILES string of the molecule is CCCCCCC(N)c1ccccn1. The first-order valence-corrected chi connectivity index (χ1v) is 5.51. The minimum Gasteiger partial charge on any atom is -0.323 e. The van der Waals surface area contributed by atoms with Gasteiger partial charge in [0.2, 0.25) is 0 Å². The van der Waals surface area contributed by atoms with Gasteiger partial charge in [-0.2, -0.15) is 0 Å². The van der Waals surface area contributed by atoms with Crippen LogP contribution >= 0.6 is 0 Å². The molecule has 1 aromatic rings. The largest absolute Gasteiger partial charge is 0.323 e. The van der Waals surface area contributed by atoms with E-state index in [9.17, 15) is 0 Å². The Hall–Kier alpha value is -0.890. The van der Waals surface area contributed by atoms with E-state index in [2.05, 4.69) is 11.9 Å². The van der Waals surface area contributed by atoms with Gasteiger partial charge in [-0.15, -0.1) is 0 Å². The maximum atomic E-state index is 6.01. The molecule has 0 amide bonds. The molecule has 0 radical (unpaired) electrons. The van der Waals surface area contributed by atoms with Crippen molar-refractivity contribution in [3.05, 3.63) is 30.1 Å². The smallest absolute Gasteiger partial charge is 0.0570 e. The number of pyridine rings is 1. The van der Waals surface area contributed by atoms with Crippen LogP contribution in [0.2, 0.25) is 0 Å². The zero-order valence-electron chi connectivity index (χ0n) is 8.95. The van der Waals surface area contributed by atoms with Crippen molar-refractivity contribution < 1.29 is 0 Å². The van der Waals surface area contributed by atoms with Gasteiger partial charge < -0.3 is 5.73 Å². The first kappa shape index (κ1) is 11.2. The fraction of sp³-hybridized carbons (Fsp3) is 0.583. The molecule has 2 heteroatoms. The summed E-state index contributed by atoms with van der Waals surface area (Å²) in [5, 5.41) is 0. The molecule has 0 aliphatic carbocycles. The number of nitrogens with zero attached hydrogens (tertiary/aromatic N) is 1. The maximum absolute atomic E-state index is 6.01. The van der Waals surface area contributed by atoms with Crippen molar-refractivity contribution in [2.75, 3.05) is 0 Å². The van der Waals surface area contributed by atoms with Crippen LogP contribution < -0.4 is 5.73 Å². The van der Waals surface area contributed by atoms with E-state index in [1.165, 1.54) is 25.7 Å². The monoisotopic (exact) mass is 192 g/mol. The Morgan fingerprint density at radius 3 is 2.79 bits per heavy atom. The number of nitrogens with two attached hydrogens (primary N) is 1. The second kappa shape index (κ2) is 6.55. The average Bonchev–Trinajstić information content (AvgIpc) is 2.25. The quantitative estimate of drug-likeness (QED) is 0.703. The molecular formula is C12H20N2. The summed E-state index contributed by atoms with van der Waals surface area (Å²) in [5.74, 6) is 0. The van der Waals surface area contributed by atoms with E-state index in [-0.39, 0.29) is 6.04 Å². The zero-order chi connectivity index (χ0) is 10.2. The van der Waals surface area contributed by atoms with Gasteiger partial charge in [0.25, 0.3) is 0 Å². The number of hydrogen-bond donors (Lipinski definition) is 1. The van der Waals surface area contributed by atoms with Crippen molar-refractivity contribution >= 4 is 0 Å². The fourth-order valence-corrected chi connectivity index (χ4v) is 1.53. The molecule has 1 heterocycles. The molecule has 0 saturated carbocycles. The molecule has 2 nitrogen and oxygen atoms in total. The molecule has 1 unspecified atom stereocenters. The second-order valence-corrected chi connectivity index (χ2v) is 3.71. The van der Waals surface area contributed by atoms with Crippen LogP contribution in [0.4, 0.5) is 0 Å². The average molecular weight is 192 g/mol. The van der Waals surface area contributed by atoms with Crippen molar-refractivity contribution in [3.63, 3.8) is 0 Å². The summed E-state index contributed by atoms with van der Waals surface area (Å²) in [6.07, 6.45) is 7.95. The summed E-state index contributed by atoms with van der Waals surface area (Å²) in [6.45, 7) is 2.22. The van der Waals surface area contributed by atoms with Crippen molar-refractivity contribution in [3.8, 4) is 0 Å². The normalized spacial score (nSPS) is 12.7. The molecule has 1 rings (SSSR count). The van der Waals surface area contributed by atoms with Crippen LogP contribution in [0.1, 0.15) is 50.8 Å². The van der Waals surface area contributed by atoms with E-state index in [0.29, 0.717) is 0 Å². The Morgan fingerprint density at radius 2 is 2.14 bits per heavy atom. The highest BCUT2D eigenvalue weighted by Gasteiger charge is 2.05. The van der Waals surface area contributed by atoms with E-state index < -0.39 is 0 Å².